The highest BCUT2D eigenvalue weighted by Gasteiger charge is 2.31. The Bertz CT molecular complexity index is 741. The van der Waals surface area contributed by atoms with Crippen LogP contribution in [0.4, 0.5) is 11.4 Å². The van der Waals surface area contributed by atoms with Crippen molar-refractivity contribution in [1.29, 1.82) is 0 Å². The Balaban J connectivity index is 1.80. The van der Waals surface area contributed by atoms with E-state index in [1.807, 2.05) is 6.92 Å². The molecule has 0 aromatic heterocycles. The highest BCUT2D eigenvalue weighted by atomic mass is 32.2. The average Bonchev–Trinajstić information content (AvgIpc) is 3.23. The minimum atomic E-state index is -3.31. The van der Waals surface area contributed by atoms with Gasteiger partial charge >= 0.3 is 0 Å². The number of amides is 1. The summed E-state index contributed by atoms with van der Waals surface area (Å²) in [7, 11) is -1.79. The highest BCUT2D eigenvalue weighted by Crippen LogP contribution is 2.36. The topological polar surface area (TPSA) is 75.7 Å². The van der Waals surface area contributed by atoms with Crippen LogP contribution in [0.3, 0.4) is 0 Å². The molecule has 1 heterocycles. The van der Waals surface area contributed by atoms with Crippen LogP contribution in [0.25, 0.3) is 0 Å². The first kappa shape index (κ1) is 18.0. The molecule has 1 unspecified atom stereocenters. The third kappa shape index (κ3) is 3.76. The van der Waals surface area contributed by atoms with E-state index in [0.717, 1.165) is 12.8 Å². The fourth-order valence-corrected chi connectivity index (χ4v) is 5.36. The van der Waals surface area contributed by atoms with Crippen molar-refractivity contribution in [1.82, 2.24) is 0 Å². The molecule has 1 aromatic rings. The Morgan fingerprint density at radius 3 is 2.60 bits per heavy atom. The maximum Gasteiger partial charge on any atom is 0.235 e. The lowest BCUT2D eigenvalue weighted by atomic mass is 9.92. The zero-order chi connectivity index (χ0) is 18.0. The lowest BCUT2D eigenvalue weighted by Crippen LogP contribution is -2.27. The summed E-state index contributed by atoms with van der Waals surface area (Å²) in [5, 5.41) is 2.95. The first-order valence-corrected chi connectivity index (χ1v) is 10.5. The fraction of sp³-hybridized carbons (Fsp3) is 0.611. The molecule has 6 nitrogen and oxygen atoms in total. The number of carbonyl (C=O) groups excluding carboxylic acids is 1. The van der Waals surface area contributed by atoms with E-state index >= 15 is 0 Å². The third-order valence-corrected chi connectivity index (χ3v) is 7.19. The maximum absolute atomic E-state index is 12.5. The molecule has 25 heavy (non-hydrogen) atoms. The van der Waals surface area contributed by atoms with E-state index in [0.29, 0.717) is 36.0 Å². The number of carbonyl (C=O) groups is 1. The largest absolute Gasteiger partial charge is 0.495 e. The number of nitrogens with zero attached hydrogens (tertiary/aromatic N) is 1. The molecule has 1 aliphatic heterocycles. The monoisotopic (exact) mass is 366 g/mol. The Morgan fingerprint density at radius 2 is 2.00 bits per heavy atom. The summed E-state index contributed by atoms with van der Waals surface area (Å²) in [6, 6.07) is 5.16. The molecule has 2 fully saturated rings. The number of benzene rings is 1. The predicted octanol–water partition coefficient (Wildman–Crippen LogP) is 3.00. The summed E-state index contributed by atoms with van der Waals surface area (Å²) in [5.74, 6) is 1.03. The number of rotatable bonds is 5. The molecule has 1 saturated carbocycles. The van der Waals surface area contributed by atoms with Gasteiger partial charge in [0.15, 0.2) is 0 Å². The van der Waals surface area contributed by atoms with Crippen LogP contribution >= 0.6 is 0 Å². The van der Waals surface area contributed by atoms with Crippen molar-refractivity contribution in [3.05, 3.63) is 18.2 Å². The van der Waals surface area contributed by atoms with Gasteiger partial charge in [-0.1, -0.05) is 19.8 Å². The number of anilines is 2. The molecule has 1 amide bonds. The number of ether oxygens (including phenoxy) is 1. The predicted molar refractivity (Wildman–Crippen MR) is 98.5 cm³/mol. The van der Waals surface area contributed by atoms with Crippen LogP contribution in [-0.4, -0.2) is 33.7 Å². The quantitative estimate of drug-likeness (QED) is 0.869. The Hall–Kier alpha value is -1.76. The van der Waals surface area contributed by atoms with Crippen molar-refractivity contribution in [3.8, 4) is 5.75 Å². The van der Waals surface area contributed by atoms with E-state index in [2.05, 4.69) is 5.32 Å². The van der Waals surface area contributed by atoms with Crippen LogP contribution in [0.2, 0.25) is 0 Å². The molecule has 3 rings (SSSR count). The standard InChI is InChI=1S/C18H26N2O4S/c1-13(14-6-3-4-7-14)18(21)19-15-8-9-17(24-2)16(12-15)20-10-5-11-25(20,22)23/h8-9,12-14H,3-7,10-11H2,1-2H3,(H,19,21). The van der Waals surface area contributed by atoms with E-state index in [9.17, 15) is 13.2 Å². The lowest BCUT2D eigenvalue weighted by Gasteiger charge is -2.22. The smallest absolute Gasteiger partial charge is 0.235 e. The Labute approximate surface area is 149 Å². The van der Waals surface area contributed by atoms with Crippen LogP contribution in [0.15, 0.2) is 18.2 Å². The molecule has 0 bridgehead atoms. The van der Waals surface area contributed by atoms with Crippen LogP contribution in [-0.2, 0) is 14.8 Å². The van der Waals surface area contributed by atoms with Gasteiger partial charge in [0.2, 0.25) is 15.9 Å². The molecule has 1 N–H and O–H groups in total. The van der Waals surface area contributed by atoms with Crippen molar-refractivity contribution in [2.45, 2.75) is 39.0 Å². The molecule has 2 aliphatic rings. The fourth-order valence-electron chi connectivity index (χ4n) is 3.80. The lowest BCUT2D eigenvalue weighted by molar-refractivity contribution is -0.120. The summed E-state index contributed by atoms with van der Waals surface area (Å²) in [4.78, 5) is 12.5. The van der Waals surface area contributed by atoms with E-state index in [4.69, 9.17) is 4.74 Å². The molecule has 0 radical (unpaired) electrons. The van der Waals surface area contributed by atoms with Gasteiger partial charge in [0, 0.05) is 18.2 Å². The summed E-state index contributed by atoms with van der Waals surface area (Å²) in [6.45, 7) is 2.41. The molecule has 0 spiro atoms. The average molecular weight is 366 g/mol. The minimum absolute atomic E-state index is 0.00713. The van der Waals surface area contributed by atoms with Crippen molar-refractivity contribution in [2.24, 2.45) is 11.8 Å². The molecule has 1 atom stereocenters. The molecular weight excluding hydrogens is 340 g/mol. The van der Waals surface area contributed by atoms with Crippen molar-refractivity contribution in [3.63, 3.8) is 0 Å². The molecule has 138 valence electrons. The van der Waals surface area contributed by atoms with Gasteiger partial charge in [-0.15, -0.1) is 0 Å². The van der Waals surface area contributed by atoms with E-state index < -0.39 is 10.0 Å². The van der Waals surface area contributed by atoms with Crippen LogP contribution in [0, 0.1) is 11.8 Å². The maximum atomic E-state index is 12.5. The van der Waals surface area contributed by atoms with Crippen molar-refractivity contribution >= 4 is 27.3 Å². The van der Waals surface area contributed by atoms with E-state index in [-0.39, 0.29) is 17.6 Å². The SMILES string of the molecule is COc1ccc(NC(=O)C(C)C2CCCC2)cc1N1CCCS1(=O)=O. The molecular formula is C18H26N2O4S. The highest BCUT2D eigenvalue weighted by molar-refractivity contribution is 7.93. The van der Waals surface area contributed by atoms with Gasteiger partial charge in [0.05, 0.1) is 18.6 Å². The minimum Gasteiger partial charge on any atom is -0.495 e. The summed E-state index contributed by atoms with van der Waals surface area (Å²) in [5.41, 5.74) is 1.10. The summed E-state index contributed by atoms with van der Waals surface area (Å²) >= 11 is 0. The van der Waals surface area contributed by atoms with Gasteiger partial charge < -0.3 is 10.1 Å². The molecule has 1 aliphatic carbocycles. The number of methoxy groups -OCH3 is 1. The zero-order valence-corrected chi connectivity index (χ0v) is 15.6. The van der Waals surface area contributed by atoms with Gasteiger partial charge in [0.1, 0.15) is 5.75 Å². The van der Waals surface area contributed by atoms with Crippen molar-refractivity contribution in [2.75, 3.05) is 29.0 Å². The number of hydrogen-bond acceptors (Lipinski definition) is 4. The Morgan fingerprint density at radius 1 is 1.28 bits per heavy atom. The first-order valence-electron chi connectivity index (χ1n) is 8.91. The van der Waals surface area contributed by atoms with Crippen LogP contribution < -0.4 is 14.4 Å². The second kappa shape index (κ2) is 7.23. The van der Waals surface area contributed by atoms with Crippen LogP contribution in [0.1, 0.15) is 39.0 Å². The van der Waals surface area contributed by atoms with E-state index in [1.54, 1.807) is 18.2 Å². The number of sulfonamides is 1. The number of nitrogens with one attached hydrogen (secondary N) is 1. The molecule has 7 heteroatoms. The third-order valence-electron chi connectivity index (χ3n) is 5.33. The molecule has 1 saturated heterocycles. The first-order chi connectivity index (χ1) is 11.9. The van der Waals surface area contributed by atoms with Gasteiger partial charge in [-0.2, -0.15) is 0 Å². The molecule has 1 aromatic carbocycles. The second-order valence-electron chi connectivity index (χ2n) is 6.95. The second-order valence-corrected chi connectivity index (χ2v) is 8.96. The van der Waals surface area contributed by atoms with Gasteiger partial charge in [0.25, 0.3) is 0 Å². The van der Waals surface area contributed by atoms with Crippen LogP contribution in [0.5, 0.6) is 5.75 Å². The Kier molecular flexibility index (Phi) is 5.22. The summed E-state index contributed by atoms with van der Waals surface area (Å²) in [6.07, 6.45) is 5.20. The normalized spacial score (nSPS) is 21.3. The van der Waals surface area contributed by atoms with Crippen molar-refractivity contribution < 1.29 is 17.9 Å². The van der Waals surface area contributed by atoms with Gasteiger partial charge in [-0.05, 0) is 43.4 Å². The van der Waals surface area contributed by atoms with Gasteiger partial charge in [-0.25, -0.2) is 8.42 Å². The number of hydrogen-bond donors (Lipinski definition) is 1. The summed E-state index contributed by atoms with van der Waals surface area (Å²) < 4.78 is 31.2. The van der Waals surface area contributed by atoms with E-state index in [1.165, 1.54) is 24.3 Å². The van der Waals surface area contributed by atoms with Gasteiger partial charge in [-0.3, -0.25) is 9.10 Å². The zero-order valence-electron chi connectivity index (χ0n) is 14.8.